The lowest BCUT2D eigenvalue weighted by Crippen LogP contribution is -2.02. The molecule has 1 nitrogen and oxygen atoms in total. The Morgan fingerprint density at radius 3 is 1.92 bits per heavy atom. The van der Waals surface area contributed by atoms with Crippen LogP contribution in [0.25, 0.3) is 0 Å². The van der Waals surface area contributed by atoms with E-state index in [1.54, 1.807) is 0 Å². The minimum absolute atomic E-state index is 0.920. The first-order valence-corrected chi connectivity index (χ1v) is 12.0. The first-order valence-electron chi connectivity index (χ1n) is 10.7. The molecule has 0 spiro atoms. The molecule has 144 valence electrons. The van der Waals surface area contributed by atoms with Crippen LogP contribution in [0.5, 0.6) is 0 Å². The molecule has 25 heavy (non-hydrogen) atoms. The number of para-hydroxylation sites is 1. The van der Waals surface area contributed by atoms with Gasteiger partial charge in [0.25, 0.3) is 0 Å². The molecule has 1 rings (SSSR count). The molecule has 1 aromatic rings. The van der Waals surface area contributed by atoms with Crippen LogP contribution in [0.2, 0.25) is 0 Å². The van der Waals surface area contributed by atoms with Gasteiger partial charge >= 0.3 is 0 Å². The van der Waals surface area contributed by atoms with Gasteiger partial charge in [-0.3, -0.25) is 0 Å². The molecule has 0 amide bonds. The van der Waals surface area contributed by atoms with Crippen LogP contribution < -0.4 is 5.32 Å². The molecule has 0 aliphatic rings. The lowest BCUT2D eigenvalue weighted by molar-refractivity contribution is 0.543. The van der Waals surface area contributed by atoms with Crippen molar-refractivity contribution < 1.29 is 0 Å². The number of nitrogens with one attached hydrogen (secondary N) is 1. The van der Waals surface area contributed by atoms with Crippen LogP contribution in [0.4, 0.5) is 5.69 Å². The maximum Gasteiger partial charge on any atom is 0.0340 e. The predicted octanol–water partition coefficient (Wildman–Crippen LogP) is 7.92. The van der Waals surface area contributed by atoms with Crippen LogP contribution in [0.15, 0.2) is 30.3 Å². The van der Waals surface area contributed by atoms with E-state index in [-0.39, 0.29) is 0 Å². The molecule has 1 N–H and O–H groups in total. The third kappa shape index (κ3) is 13.3. The van der Waals surface area contributed by atoms with Gasteiger partial charge in [0, 0.05) is 17.5 Å². The van der Waals surface area contributed by atoms with E-state index in [4.69, 9.17) is 0 Å². The summed E-state index contributed by atoms with van der Waals surface area (Å²) in [5.74, 6) is 0. The van der Waals surface area contributed by atoms with Gasteiger partial charge in [-0.25, -0.2) is 0 Å². The summed E-state index contributed by atoms with van der Waals surface area (Å²) >= 11 is 2.09. The maximum absolute atomic E-state index is 3.50. The predicted molar refractivity (Wildman–Crippen MR) is 118 cm³/mol. The van der Waals surface area contributed by atoms with Gasteiger partial charge in [0.15, 0.2) is 0 Å². The zero-order valence-corrected chi connectivity index (χ0v) is 17.6. The van der Waals surface area contributed by atoms with Gasteiger partial charge in [0.05, 0.1) is 0 Å². The fraction of sp³-hybridized carbons (Fsp3) is 0.739. The Balaban J connectivity index is 1.82. The van der Waals surface area contributed by atoms with Crippen LogP contribution in [0.1, 0.15) is 90.4 Å². The highest BCUT2D eigenvalue weighted by molar-refractivity contribution is 7.99. The average molecular weight is 364 g/mol. The minimum atomic E-state index is 0.920. The molecule has 0 aromatic heterocycles. The molecular formula is C23H41NS. The summed E-state index contributed by atoms with van der Waals surface area (Å²) < 4.78 is 0. The lowest BCUT2D eigenvalue weighted by atomic mass is 10.0. The molecule has 0 bridgehead atoms. The van der Waals surface area contributed by atoms with Crippen LogP contribution >= 0.6 is 11.8 Å². The average Bonchev–Trinajstić information content (AvgIpc) is 2.65. The summed E-state index contributed by atoms with van der Waals surface area (Å²) in [5, 5.41) is 4.42. The van der Waals surface area contributed by atoms with Crippen molar-refractivity contribution in [3.05, 3.63) is 30.3 Å². The Kier molecular flexibility index (Phi) is 15.1. The van der Waals surface area contributed by atoms with Crippen molar-refractivity contribution in [1.29, 1.82) is 0 Å². The van der Waals surface area contributed by atoms with Crippen LogP contribution in [0, 0.1) is 0 Å². The van der Waals surface area contributed by atoms with Crippen LogP contribution in [0.3, 0.4) is 0 Å². The summed E-state index contributed by atoms with van der Waals surface area (Å²) in [6.07, 6.45) is 20.6. The second kappa shape index (κ2) is 16.8. The highest BCUT2D eigenvalue weighted by atomic mass is 32.2. The van der Waals surface area contributed by atoms with Crippen molar-refractivity contribution in [2.75, 3.05) is 18.1 Å². The summed E-state index contributed by atoms with van der Waals surface area (Å²) in [7, 11) is 0. The molecule has 0 aliphatic heterocycles. The molecule has 1 aromatic carbocycles. The number of anilines is 1. The van der Waals surface area contributed by atoms with E-state index in [2.05, 4.69) is 60.6 Å². The topological polar surface area (TPSA) is 12.0 Å². The minimum Gasteiger partial charge on any atom is -0.385 e. The van der Waals surface area contributed by atoms with Crippen molar-refractivity contribution in [2.24, 2.45) is 0 Å². The highest BCUT2D eigenvalue weighted by Crippen LogP contribution is 2.22. The standard InChI is InChI=1S/C23H41NS/c1-3-4-12-19-23(25-2)20-15-9-7-5-6-8-10-16-21-24-22-17-13-11-14-18-22/h11,13-14,17-18,23-24H,3-10,12,15-16,19-21H2,1-2H3. The van der Waals surface area contributed by atoms with E-state index >= 15 is 0 Å². The molecule has 2 heteroatoms. The molecule has 0 radical (unpaired) electrons. The van der Waals surface area contributed by atoms with Crippen LogP contribution in [-0.4, -0.2) is 18.1 Å². The highest BCUT2D eigenvalue weighted by Gasteiger charge is 2.05. The van der Waals surface area contributed by atoms with E-state index in [9.17, 15) is 0 Å². The quantitative estimate of drug-likeness (QED) is 0.282. The van der Waals surface area contributed by atoms with Crippen LogP contribution in [-0.2, 0) is 0 Å². The Morgan fingerprint density at radius 1 is 0.760 bits per heavy atom. The van der Waals surface area contributed by atoms with Gasteiger partial charge in [-0.2, -0.15) is 11.8 Å². The first-order chi connectivity index (χ1) is 12.4. The third-order valence-electron chi connectivity index (χ3n) is 5.02. The Morgan fingerprint density at radius 2 is 1.32 bits per heavy atom. The van der Waals surface area contributed by atoms with Crippen molar-refractivity contribution >= 4 is 17.4 Å². The fourth-order valence-electron chi connectivity index (χ4n) is 3.35. The molecule has 0 saturated carbocycles. The van der Waals surface area contributed by atoms with E-state index in [1.165, 1.54) is 89.2 Å². The van der Waals surface area contributed by atoms with E-state index in [0.717, 1.165) is 11.8 Å². The zero-order chi connectivity index (χ0) is 18.0. The van der Waals surface area contributed by atoms with Crippen molar-refractivity contribution in [3.8, 4) is 0 Å². The van der Waals surface area contributed by atoms with Crippen molar-refractivity contribution in [2.45, 2.75) is 95.6 Å². The van der Waals surface area contributed by atoms with Gasteiger partial charge in [-0.05, 0) is 37.7 Å². The zero-order valence-electron chi connectivity index (χ0n) is 16.8. The van der Waals surface area contributed by atoms with Gasteiger partial charge < -0.3 is 5.32 Å². The number of thioether (sulfide) groups is 1. The van der Waals surface area contributed by atoms with Crippen molar-refractivity contribution in [1.82, 2.24) is 0 Å². The number of benzene rings is 1. The van der Waals surface area contributed by atoms with Gasteiger partial charge in [-0.15, -0.1) is 0 Å². The maximum atomic E-state index is 3.50. The number of hydrogen-bond donors (Lipinski definition) is 1. The lowest BCUT2D eigenvalue weighted by Gasteiger charge is -2.13. The summed E-state index contributed by atoms with van der Waals surface area (Å²) in [4.78, 5) is 0. The molecular weight excluding hydrogens is 322 g/mol. The molecule has 0 fully saturated rings. The Hall–Kier alpha value is -0.630. The molecule has 1 unspecified atom stereocenters. The SMILES string of the molecule is CCCCCC(CCCCCCCCCCNc1ccccc1)SC. The summed E-state index contributed by atoms with van der Waals surface area (Å²) in [5.41, 5.74) is 1.25. The van der Waals surface area contributed by atoms with Gasteiger partial charge in [0.1, 0.15) is 0 Å². The van der Waals surface area contributed by atoms with Gasteiger partial charge in [-0.1, -0.05) is 89.3 Å². The fourth-order valence-corrected chi connectivity index (χ4v) is 4.15. The smallest absolute Gasteiger partial charge is 0.0340 e. The number of hydrogen-bond acceptors (Lipinski definition) is 2. The van der Waals surface area contributed by atoms with Gasteiger partial charge in [0.2, 0.25) is 0 Å². The molecule has 0 saturated heterocycles. The Bertz CT molecular complexity index is 379. The Labute approximate surface area is 161 Å². The third-order valence-corrected chi connectivity index (χ3v) is 6.16. The summed E-state index contributed by atoms with van der Waals surface area (Å²) in [6.45, 7) is 3.41. The first kappa shape index (κ1) is 22.4. The normalized spacial score (nSPS) is 12.2. The molecule has 0 heterocycles. The molecule has 0 aliphatic carbocycles. The van der Waals surface area contributed by atoms with E-state index < -0.39 is 0 Å². The molecule has 1 atom stereocenters. The number of unbranched alkanes of at least 4 members (excludes halogenated alkanes) is 9. The van der Waals surface area contributed by atoms with Crippen molar-refractivity contribution in [3.63, 3.8) is 0 Å². The monoisotopic (exact) mass is 363 g/mol. The summed E-state index contributed by atoms with van der Waals surface area (Å²) in [6, 6.07) is 10.5. The largest absolute Gasteiger partial charge is 0.385 e. The van der Waals surface area contributed by atoms with E-state index in [0.29, 0.717) is 0 Å². The second-order valence-corrected chi connectivity index (χ2v) is 8.40. The second-order valence-electron chi connectivity index (χ2n) is 7.26. The number of rotatable bonds is 17. The van der Waals surface area contributed by atoms with E-state index in [1.807, 2.05) is 0 Å².